The fourth-order valence-corrected chi connectivity index (χ4v) is 1.65. The first-order valence-electron chi connectivity index (χ1n) is 6.19. The van der Waals surface area contributed by atoms with Crippen molar-refractivity contribution >= 4 is 17.5 Å². The molecule has 0 bridgehead atoms. The van der Waals surface area contributed by atoms with E-state index in [0.717, 1.165) is 0 Å². The Hall–Kier alpha value is -1.91. The number of nitrogens with zero attached hydrogens (tertiary/aromatic N) is 1. The predicted octanol–water partition coefficient (Wildman–Crippen LogP) is 2.27. The summed E-state index contributed by atoms with van der Waals surface area (Å²) < 4.78 is 12.7. The number of hydrogen-bond acceptors (Lipinski definition) is 2. The first-order valence-corrected chi connectivity index (χ1v) is 6.19. The van der Waals surface area contributed by atoms with Crippen molar-refractivity contribution in [1.82, 2.24) is 4.90 Å². The molecule has 2 amide bonds. The van der Waals surface area contributed by atoms with Crippen molar-refractivity contribution in [2.75, 3.05) is 18.4 Å². The van der Waals surface area contributed by atoms with Crippen LogP contribution in [-0.2, 0) is 9.59 Å². The molecule has 0 saturated carbocycles. The highest BCUT2D eigenvalue weighted by molar-refractivity contribution is 5.94. The van der Waals surface area contributed by atoms with Crippen molar-refractivity contribution in [3.63, 3.8) is 0 Å². The Morgan fingerprint density at radius 3 is 2.32 bits per heavy atom. The van der Waals surface area contributed by atoms with Crippen molar-refractivity contribution in [3.05, 3.63) is 30.1 Å². The minimum atomic E-state index is -0.358. The summed E-state index contributed by atoms with van der Waals surface area (Å²) in [5, 5.41) is 2.63. The van der Waals surface area contributed by atoms with Crippen molar-refractivity contribution in [2.24, 2.45) is 5.92 Å². The average molecular weight is 266 g/mol. The highest BCUT2D eigenvalue weighted by Gasteiger charge is 2.14. The van der Waals surface area contributed by atoms with E-state index in [0.29, 0.717) is 18.2 Å². The third-order valence-electron chi connectivity index (χ3n) is 2.49. The summed E-state index contributed by atoms with van der Waals surface area (Å²) in [6.45, 7) is 5.94. The molecule has 104 valence electrons. The van der Waals surface area contributed by atoms with Crippen LogP contribution in [0.15, 0.2) is 24.3 Å². The Labute approximate surface area is 112 Å². The first-order chi connectivity index (χ1) is 8.88. The van der Waals surface area contributed by atoms with Gasteiger partial charge in [-0.25, -0.2) is 4.39 Å². The average Bonchev–Trinajstić information content (AvgIpc) is 2.30. The lowest BCUT2D eigenvalue weighted by Crippen LogP contribution is -2.38. The van der Waals surface area contributed by atoms with Crippen molar-refractivity contribution in [1.29, 1.82) is 0 Å². The Morgan fingerprint density at radius 1 is 1.26 bits per heavy atom. The van der Waals surface area contributed by atoms with E-state index in [9.17, 15) is 14.0 Å². The molecule has 0 aliphatic rings. The van der Waals surface area contributed by atoms with Crippen LogP contribution in [0.25, 0.3) is 0 Å². The zero-order valence-corrected chi connectivity index (χ0v) is 11.4. The number of hydrogen-bond donors (Lipinski definition) is 1. The van der Waals surface area contributed by atoms with Gasteiger partial charge >= 0.3 is 0 Å². The molecule has 4 nitrogen and oxygen atoms in total. The molecule has 0 spiro atoms. The maximum atomic E-state index is 12.7. The number of anilines is 1. The van der Waals surface area contributed by atoms with E-state index in [1.165, 1.54) is 36.1 Å². The second kappa shape index (κ2) is 6.87. The molecule has 0 atom stereocenters. The van der Waals surface area contributed by atoms with Crippen LogP contribution in [0.4, 0.5) is 10.1 Å². The number of carbonyl (C=O) groups is 2. The Balaban J connectivity index is 2.57. The molecule has 0 aromatic heterocycles. The van der Waals surface area contributed by atoms with Gasteiger partial charge in [-0.15, -0.1) is 0 Å². The predicted molar refractivity (Wildman–Crippen MR) is 72.1 cm³/mol. The Bertz CT molecular complexity index is 443. The minimum absolute atomic E-state index is 0.00485. The topological polar surface area (TPSA) is 49.4 Å². The fraction of sp³-hybridized carbons (Fsp3) is 0.429. The van der Waals surface area contributed by atoms with E-state index < -0.39 is 0 Å². The Kier molecular flexibility index (Phi) is 5.48. The number of nitrogens with one attached hydrogen (secondary N) is 1. The van der Waals surface area contributed by atoms with Crippen molar-refractivity contribution < 1.29 is 14.0 Å². The summed E-state index contributed by atoms with van der Waals surface area (Å²) in [6, 6.07) is 5.50. The van der Waals surface area contributed by atoms with Crippen LogP contribution < -0.4 is 5.32 Å². The summed E-state index contributed by atoms with van der Waals surface area (Å²) in [4.78, 5) is 24.7. The van der Waals surface area contributed by atoms with Gasteiger partial charge in [0.1, 0.15) is 5.82 Å². The normalized spacial score (nSPS) is 10.4. The molecule has 5 heteroatoms. The fourth-order valence-electron chi connectivity index (χ4n) is 1.65. The van der Waals surface area contributed by atoms with Crippen LogP contribution in [0.2, 0.25) is 0 Å². The molecular weight excluding hydrogens is 247 g/mol. The molecular formula is C14H19FN2O2. The maximum absolute atomic E-state index is 12.7. The molecule has 1 aromatic carbocycles. The van der Waals surface area contributed by atoms with Crippen LogP contribution >= 0.6 is 0 Å². The van der Waals surface area contributed by atoms with E-state index in [1.54, 1.807) is 0 Å². The van der Waals surface area contributed by atoms with Gasteiger partial charge in [-0.3, -0.25) is 9.59 Å². The van der Waals surface area contributed by atoms with E-state index in [2.05, 4.69) is 5.32 Å². The van der Waals surface area contributed by atoms with Gasteiger partial charge in [0.2, 0.25) is 11.8 Å². The van der Waals surface area contributed by atoms with E-state index in [1.807, 2.05) is 13.8 Å². The number of carbonyl (C=O) groups excluding carboxylic acids is 2. The zero-order valence-electron chi connectivity index (χ0n) is 11.4. The summed E-state index contributed by atoms with van der Waals surface area (Å²) >= 11 is 0. The van der Waals surface area contributed by atoms with Gasteiger partial charge in [-0.05, 0) is 30.2 Å². The largest absolute Gasteiger partial charge is 0.333 e. The molecule has 1 N–H and O–H groups in total. The molecule has 0 saturated heterocycles. The number of benzene rings is 1. The number of rotatable bonds is 5. The summed E-state index contributed by atoms with van der Waals surface area (Å²) in [5.41, 5.74) is 0.513. The van der Waals surface area contributed by atoms with E-state index in [-0.39, 0.29) is 24.2 Å². The molecule has 0 aliphatic heterocycles. The molecule has 0 heterocycles. The second-order valence-corrected chi connectivity index (χ2v) is 4.85. The number of halogens is 1. The van der Waals surface area contributed by atoms with Gasteiger partial charge < -0.3 is 10.2 Å². The minimum Gasteiger partial charge on any atom is -0.333 e. The van der Waals surface area contributed by atoms with Crippen molar-refractivity contribution in [2.45, 2.75) is 20.8 Å². The lowest BCUT2D eigenvalue weighted by atomic mass is 10.2. The van der Waals surface area contributed by atoms with Gasteiger partial charge in [-0.2, -0.15) is 0 Å². The van der Waals surface area contributed by atoms with Crippen LogP contribution in [-0.4, -0.2) is 29.8 Å². The monoisotopic (exact) mass is 266 g/mol. The van der Waals surface area contributed by atoms with E-state index >= 15 is 0 Å². The standard InChI is InChI=1S/C14H19FN2O2/c1-10(2)8-17(11(3)18)9-14(19)16-13-6-4-12(15)5-7-13/h4-7,10H,8-9H2,1-3H3,(H,16,19). The second-order valence-electron chi connectivity index (χ2n) is 4.85. The van der Waals surface area contributed by atoms with Gasteiger partial charge in [-0.1, -0.05) is 13.8 Å². The van der Waals surface area contributed by atoms with Crippen LogP contribution in [0.5, 0.6) is 0 Å². The zero-order chi connectivity index (χ0) is 14.4. The molecule has 1 aromatic rings. The van der Waals surface area contributed by atoms with Crippen LogP contribution in [0.3, 0.4) is 0 Å². The Morgan fingerprint density at radius 2 is 1.84 bits per heavy atom. The molecule has 0 radical (unpaired) electrons. The molecule has 1 rings (SSSR count). The first kappa shape index (κ1) is 15.1. The SMILES string of the molecule is CC(=O)N(CC(=O)Nc1ccc(F)cc1)CC(C)C. The molecule has 0 aliphatic carbocycles. The maximum Gasteiger partial charge on any atom is 0.243 e. The molecule has 0 unspecified atom stereocenters. The third-order valence-corrected chi connectivity index (χ3v) is 2.49. The van der Waals surface area contributed by atoms with Gasteiger partial charge in [0.15, 0.2) is 0 Å². The van der Waals surface area contributed by atoms with Crippen molar-refractivity contribution in [3.8, 4) is 0 Å². The smallest absolute Gasteiger partial charge is 0.243 e. The van der Waals surface area contributed by atoms with Gasteiger partial charge in [0.05, 0.1) is 6.54 Å². The highest BCUT2D eigenvalue weighted by Crippen LogP contribution is 2.08. The summed E-state index contributed by atoms with van der Waals surface area (Å²) in [6.07, 6.45) is 0. The quantitative estimate of drug-likeness (QED) is 0.888. The van der Waals surface area contributed by atoms with E-state index in [4.69, 9.17) is 0 Å². The number of amides is 2. The third kappa shape index (κ3) is 5.50. The van der Waals surface area contributed by atoms with Gasteiger partial charge in [0, 0.05) is 19.2 Å². The lowest BCUT2D eigenvalue weighted by Gasteiger charge is -2.22. The van der Waals surface area contributed by atoms with Gasteiger partial charge in [0.25, 0.3) is 0 Å². The van der Waals surface area contributed by atoms with Crippen LogP contribution in [0, 0.1) is 11.7 Å². The highest BCUT2D eigenvalue weighted by atomic mass is 19.1. The summed E-state index contributed by atoms with van der Waals surface area (Å²) in [7, 11) is 0. The summed E-state index contributed by atoms with van der Waals surface area (Å²) in [5.74, 6) is -0.490. The van der Waals surface area contributed by atoms with Crippen LogP contribution in [0.1, 0.15) is 20.8 Å². The molecule has 19 heavy (non-hydrogen) atoms. The lowest BCUT2D eigenvalue weighted by molar-refractivity contribution is -0.133. The molecule has 0 fully saturated rings.